The second kappa shape index (κ2) is 8.78. The number of carbonyl (C=O) groups excluding carboxylic acids is 2. The molecule has 8 heteroatoms. The van der Waals surface area contributed by atoms with E-state index in [1.54, 1.807) is 35.7 Å². The maximum Gasteiger partial charge on any atom is 0.295 e. The molecule has 1 fully saturated rings. The number of fused-ring (bicyclic) bond motifs is 1. The molecule has 0 bridgehead atoms. The molecule has 3 aromatic rings. The fraction of sp³-hybridized carbons (Fsp3) is 0.320. The Hall–Kier alpha value is -3.52. The number of hydrogen-bond donors (Lipinski definition) is 1. The molecular weight excluding hydrogens is 423 g/mol. The number of pyridine rings is 1. The van der Waals surface area contributed by atoms with Crippen LogP contribution in [0.3, 0.4) is 0 Å². The van der Waals surface area contributed by atoms with Crippen LogP contribution in [0.4, 0.5) is 4.39 Å². The van der Waals surface area contributed by atoms with Crippen molar-refractivity contribution in [3.8, 4) is 0 Å². The number of imidazole rings is 1. The summed E-state index contributed by atoms with van der Waals surface area (Å²) >= 11 is 0. The summed E-state index contributed by atoms with van der Waals surface area (Å²) in [7, 11) is 3.83. The number of aliphatic hydroxyl groups is 1. The molecule has 0 spiro atoms. The number of aromatic nitrogens is 2. The van der Waals surface area contributed by atoms with Gasteiger partial charge in [0.25, 0.3) is 11.7 Å². The number of Topliss-reactive ketones (excluding diaryl/α,β-unsaturated/α-hetero) is 1. The summed E-state index contributed by atoms with van der Waals surface area (Å²) in [6.45, 7) is 4.57. The van der Waals surface area contributed by atoms with Crippen LogP contribution in [0, 0.1) is 19.7 Å². The third-order valence-corrected chi connectivity index (χ3v) is 5.99. The van der Waals surface area contributed by atoms with E-state index in [1.807, 2.05) is 38.1 Å². The van der Waals surface area contributed by atoms with Gasteiger partial charge in [-0.05, 0) is 58.6 Å². The van der Waals surface area contributed by atoms with Gasteiger partial charge in [-0.1, -0.05) is 24.3 Å². The largest absolute Gasteiger partial charge is 0.505 e. The zero-order valence-corrected chi connectivity index (χ0v) is 19.2. The standard InChI is InChI=1S/C25H27FN4O3/c1-15-9-7-13-29-20(16(2)27-24(15)29)22(31)19-21(17-10-5-6-11-18(17)26)30(25(33)23(19)32)14-8-12-28(3)4/h5-7,9-11,13,21,31H,8,12,14H2,1-4H3/t21-/m0/s1. The molecule has 1 aliphatic rings. The lowest BCUT2D eigenvalue weighted by Gasteiger charge is -2.26. The molecule has 0 saturated carbocycles. The Morgan fingerprint density at radius 1 is 1.15 bits per heavy atom. The van der Waals surface area contributed by atoms with Crippen LogP contribution >= 0.6 is 0 Å². The average Bonchev–Trinajstić information content (AvgIpc) is 3.23. The van der Waals surface area contributed by atoms with E-state index in [0.717, 1.165) is 5.56 Å². The van der Waals surface area contributed by atoms with Gasteiger partial charge in [-0.25, -0.2) is 9.37 Å². The van der Waals surface area contributed by atoms with Crippen LogP contribution in [-0.4, -0.2) is 63.2 Å². The van der Waals surface area contributed by atoms with Crippen LogP contribution < -0.4 is 0 Å². The highest BCUT2D eigenvalue weighted by Crippen LogP contribution is 2.41. The Kier molecular flexibility index (Phi) is 6.03. The topological polar surface area (TPSA) is 78.1 Å². The van der Waals surface area contributed by atoms with E-state index in [2.05, 4.69) is 4.98 Å². The molecule has 1 saturated heterocycles. The van der Waals surface area contributed by atoms with Crippen molar-refractivity contribution >= 4 is 23.1 Å². The normalized spacial score (nSPS) is 18.1. The van der Waals surface area contributed by atoms with Gasteiger partial charge in [0.1, 0.15) is 17.2 Å². The maximum atomic E-state index is 14.9. The fourth-order valence-corrected chi connectivity index (χ4v) is 4.42. The summed E-state index contributed by atoms with van der Waals surface area (Å²) in [5.74, 6) is -2.47. The van der Waals surface area contributed by atoms with Gasteiger partial charge >= 0.3 is 0 Å². The summed E-state index contributed by atoms with van der Waals surface area (Å²) < 4.78 is 16.6. The SMILES string of the molecule is Cc1nc2c(C)cccn2c1C(O)=C1C(=O)C(=O)N(CCCN(C)C)[C@H]1c1ccccc1F. The van der Waals surface area contributed by atoms with Crippen LogP contribution in [0.5, 0.6) is 0 Å². The van der Waals surface area contributed by atoms with Gasteiger partial charge in [-0.3, -0.25) is 14.0 Å². The zero-order chi connectivity index (χ0) is 23.9. The van der Waals surface area contributed by atoms with Crippen molar-refractivity contribution in [1.29, 1.82) is 0 Å². The van der Waals surface area contributed by atoms with Gasteiger partial charge in [0.15, 0.2) is 5.76 Å². The molecule has 0 aliphatic carbocycles. The van der Waals surface area contributed by atoms with Crippen molar-refractivity contribution in [3.05, 3.63) is 76.5 Å². The van der Waals surface area contributed by atoms with Crippen molar-refractivity contribution in [2.45, 2.75) is 26.3 Å². The van der Waals surface area contributed by atoms with Crippen molar-refractivity contribution in [2.75, 3.05) is 27.2 Å². The molecule has 3 heterocycles. The Balaban J connectivity index is 1.92. The smallest absolute Gasteiger partial charge is 0.295 e. The number of halogens is 1. The number of nitrogens with zero attached hydrogens (tertiary/aromatic N) is 4. The molecule has 0 unspecified atom stereocenters. The van der Waals surface area contributed by atoms with E-state index in [4.69, 9.17) is 0 Å². The molecule has 2 aromatic heterocycles. The van der Waals surface area contributed by atoms with Gasteiger partial charge in [0, 0.05) is 18.3 Å². The number of ketones is 1. The van der Waals surface area contributed by atoms with Crippen LogP contribution in [0.25, 0.3) is 11.4 Å². The first-order valence-electron chi connectivity index (χ1n) is 10.8. The van der Waals surface area contributed by atoms with E-state index in [1.165, 1.54) is 11.0 Å². The van der Waals surface area contributed by atoms with Gasteiger partial charge in [-0.2, -0.15) is 0 Å². The van der Waals surface area contributed by atoms with Crippen LogP contribution in [0.2, 0.25) is 0 Å². The molecule has 1 aromatic carbocycles. The third-order valence-electron chi connectivity index (χ3n) is 5.99. The fourth-order valence-electron chi connectivity index (χ4n) is 4.42. The molecular formula is C25H27FN4O3. The summed E-state index contributed by atoms with van der Waals surface area (Å²) in [6, 6.07) is 8.73. The molecule has 0 radical (unpaired) electrons. The predicted molar refractivity (Wildman–Crippen MR) is 123 cm³/mol. The Bertz CT molecular complexity index is 1280. The maximum absolute atomic E-state index is 14.9. The highest BCUT2D eigenvalue weighted by atomic mass is 19.1. The van der Waals surface area contributed by atoms with E-state index in [9.17, 15) is 19.1 Å². The number of benzene rings is 1. The first-order valence-corrected chi connectivity index (χ1v) is 10.8. The highest BCUT2D eigenvalue weighted by molar-refractivity contribution is 6.46. The minimum Gasteiger partial charge on any atom is -0.505 e. The lowest BCUT2D eigenvalue weighted by molar-refractivity contribution is -0.140. The summed E-state index contributed by atoms with van der Waals surface area (Å²) in [5.41, 5.74) is 2.41. The van der Waals surface area contributed by atoms with Crippen molar-refractivity contribution < 1.29 is 19.1 Å². The first kappa shape index (κ1) is 22.7. The second-order valence-corrected chi connectivity index (χ2v) is 8.60. The number of aliphatic hydroxyl groups excluding tert-OH is 1. The van der Waals surface area contributed by atoms with Gasteiger partial charge < -0.3 is 14.9 Å². The second-order valence-electron chi connectivity index (χ2n) is 8.60. The highest BCUT2D eigenvalue weighted by Gasteiger charge is 2.47. The van der Waals surface area contributed by atoms with Gasteiger partial charge in [0.05, 0.1) is 17.3 Å². The third kappa shape index (κ3) is 3.91. The number of likely N-dealkylation sites (tertiary alicyclic amines) is 1. The molecule has 172 valence electrons. The van der Waals surface area contributed by atoms with Crippen molar-refractivity contribution in [3.63, 3.8) is 0 Å². The molecule has 1 N–H and O–H groups in total. The zero-order valence-electron chi connectivity index (χ0n) is 19.2. The Labute approximate surface area is 191 Å². The van der Waals surface area contributed by atoms with E-state index >= 15 is 0 Å². The first-order chi connectivity index (χ1) is 15.7. The van der Waals surface area contributed by atoms with Crippen LogP contribution in [0.15, 0.2) is 48.2 Å². The molecule has 1 amide bonds. The van der Waals surface area contributed by atoms with Gasteiger partial charge in [-0.15, -0.1) is 0 Å². The summed E-state index contributed by atoms with van der Waals surface area (Å²) in [4.78, 5) is 34.1. The monoisotopic (exact) mass is 450 g/mol. The van der Waals surface area contributed by atoms with E-state index < -0.39 is 23.5 Å². The molecule has 1 aliphatic heterocycles. The number of aryl methyl sites for hydroxylation is 2. The lowest BCUT2D eigenvalue weighted by Crippen LogP contribution is -2.32. The quantitative estimate of drug-likeness (QED) is 0.354. The molecule has 7 nitrogen and oxygen atoms in total. The van der Waals surface area contributed by atoms with E-state index in [-0.39, 0.29) is 23.4 Å². The molecule has 4 rings (SSSR count). The summed E-state index contributed by atoms with van der Waals surface area (Å²) in [6.07, 6.45) is 2.33. The van der Waals surface area contributed by atoms with Crippen molar-refractivity contribution in [2.24, 2.45) is 0 Å². The van der Waals surface area contributed by atoms with Crippen LogP contribution in [-0.2, 0) is 9.59 Å². The minimum atomic E-state index is -1.02. The average molecular weight is 451 g/mol. The Morgan fingerprint density at radius 3 is 2.58 bits per heavy atom. The molecule has 1 atom stereocenters. The Morgan fingerprint density at radius 2 is 1.88 bits per heavy atom. The number of carbonyl (C=O) groups is 2. The number of hydrogen-bond acceptors (Lipinski definition) is 5. The molecule has 33 heavy (non-hydrogen) atoms. The van der Waals surface area contributed by atoms with Crippen molar-refractivity contribution in [1.82, 2.24) is 19.2 Å². The lowest BCUT2D eigenvalue weighted by atomic mass is 9.95. The minimum absolute atomic E-state index is 0.124. The van der Waals surface area contributed by atoms with Crippen LogP contribution in [0.1, 0.15) is 35.0 Å². The number of amides is 1. The summed E-state index contributed by atoms with van der Waals surface area (Å²) in [5, 5.41) is 11.4. The van der Waals surface area contributed by atoms with Gasteiger partial charge in [0.2, 0.25) is 0 Å². The predicted octanol–water partition coefficient (Wildman–Crippen LogP) is 3.46. The number of rotatable bonds is 6. The van der Waals surface area contributed by atoms with E-state index in [0.29, 0.717) is 30.0 Å².